The molecule has 5 nitrogen and oxygen atoms in total. The number of carboxylic acid groups (broad SMARTS) is 1. The summed E-state index contributed by atoms with van der Waals surface area (Å²) in [6.45, 7) is -0.265. The molecule has 2 aromatic rings. The van der Waals surface area contributed by atoms with E-state index in [2.05, 4.69) is 0 Å². The van der Waals surface area contributed by atoms with E-state index in [0.717, 1.165) is 5.56 Å². The monoisotopic (exact) mass is 437 g/mol. The molecule has 4 rings (SSSR count). The largest absolute Gasteiger partial charge is 0.481 e. The number of carboxylic acids is 1. The van der Waals surface area contributed by atoms with Gasteiger partial charge >= 0.3 is 5.97 Å². The van der Waals surface area contributed by atoms with Gasteiger partial charge in [0.25, 0.3) is 5.91 Å². The van der Waals surface area contributed by atoms with Gasteiger partial charge < -0.3 is 15.1 Å². The summed E-state index contributed by atoms with van der Waals surface area (Å²) in [4.78, 5) is 27.7. The van der Waals surface area contributed by atoms with Crippen molar-refractivity contribution in [3.05, 3.63) is 94.5 Å². The Kier molecular flexibility index (Phi) is 6.25. The van der Waals surface area contributed by atoms with Crippen LogP contribution in [-0.4, -0.2) is 45.7 Å². The van der Waals surface area contributed by atoms with Gasteiger partial charge in [-0.2, -0.15) is 0 Å². The third kappa shape index (κ3) is 4.16. The molecule has 0 fully saturated rings. The lowest BCUT2D eigenvalue weighted by molar-refractivity contribution is -0.141. The van der Waals surface area contributed by atoms with Crippen molar-refractivity contribution < 1.29 is 19.8 Å². The third-order valence-electron chi connectivity index (χ3n) is 6.13. The minimum Gasteiger partial charge on any atom is -0.481 e. The normalized spacial score (nSPS) is 23.8. The average Bonchev–Trinajstić information content (AvgIpc) is 2.79. The fraction of sp³-hybridized carbons (Fsp3) is 0.280. The van der Waals surface area contributed by atoms with Gasteiger partial charge in [-0.25, -0.2) is 0 Å². The van der Waals surface area contributed by atoms with Crippen molar-refractivity contribution in [1.82, 2.24) is 4.90 Å². The Labute approximate surface area is 186 Å². The van der Waals surface area contributed by atoms with Crippen LogP contribution in [0.4, 0.5) is 0 Å². The van der Waals surface area contributed by atoms with Gasteiger partial charge in [-0.05, 0) is 36.1 Å². The van der Waals surface area contributed by atoms with Crippen LogP contribution in [0.3, 0.4) is 0 Å². The predicted octanol–water partition coefficient (Wildman–Crippen LogP) is 3.98. The van der Waals surface area contributed by atoms with Gasteiger partial charge in [0.1, 0.15) is 5.92 Å². The Bertz CT molecular complexity index is 1030. The number of aliphatic hydroxyl groups is 1. The van der Waals surface area contributed by atoms with E-state index >= 15 is 0 Å². The van der Waals surface area contributed by atoms with Gasteiger partial charge in [-0.15, -0.1) is 0 Å². The molecule has 31 heavy (non-hydrogen) atoms. The van der Waals surface area contributed by atoms with E-state index < -0.39 is 24.0 Å². The molecule has 0 saturated heterocycles. The van der Waals surface area contributed by atoms with Crippen molar-refractivity contribution in [3.8, 4) is 0 Å². The van der Waals surface area contributed by atoms with E-state index in [4.69, 9.17) is 11.6 Å². The summed E-state index contributed by atoms with van der Waals surface area (Å²) in [6.07, 6.45) is 6.44. The van der Waals surface area contributed by atoms with Crippen LogP contribution in [0.15, 0.2) is 77.9 Å². The molecule has 1 unspecified atom stereocenters. The van der Waals surface area contributed by atoms with Gasteiger partial charge in [0.15, 0.2) is 0 Å². The predicted molar refractivity (Wildman–Crippen MR) is 119 cm³/mol. The topological polar surface area (TPSA) is 77.8 Å². The molecule has 0 aromatic heterocycles. The maximum absolute atomic E-state index is 13.6. The summed E-state index contributed by atoms with van der Waals surface area (Å²) >= 11 is 6.10. The van der Waals surface area contributed by atoms with Crippen molar-refractivity contribution in [1.29, 1.82) is 0 Å². The van der Waals surface area contributed by atoms with Gasteiger partial charge in [0, 0.05) is 16.5 Å². The SMILES string of the molecule is O=C(O)[C@H]1c2ccccc2C(=O)N([C@H](CO)Cc2ccccc2)[C@@H]1C1C=CC(Cl)=CC1. The molecule has 2 aliphatic rings. The first-order valence-electron chi connectivity index (χ1n) is 10.3. The van der Waals surface area contributed by atoms with Crippen LogP contribution in [0.25, 0.3) is 0 Å². The van der Waals surface area contributed by atoms with Crippen LogP contribution in [0.2, 0.25) is 0 Å². The summed E-state index contributed by atoms with van der Waals surface area (Å²) in [5.74, 6) is -2.37. The first kappa shape index (κ1) is 21.3. The Morgan fingerprint density at radius 1 is 1.13 bits per heavy atom. The zero-order chi connectivity index (χ0) is 22.0. The Morgan fingerprint density at radius 2 is 1.84 bits per heavy atom. The van der Waals surface area contributed by atoms with Gasteiger partial charge in [0.2, 0.25) is 0 Å². The van der Waals surface area contributed by atoms with Crippen LogP contribution >= 0.6 is 11.6 Å². The summed E-state index contributed by atoms with van der Waals surface area (Å²) in [5, 5.41) is 21.1. The van der Waals surface area contributed by atoms with Crippen molar-refractivity contribution in [2.45, 2.75) is 30.8 Å². The van der Waals surface area contributed by atoms with Gasteiger partial charge in [0.05, 0.1) is 18.7 Å². The molecule has 2 N–H and O–H groups in total. The number of aliphatic hydroxyl groups excluding tert-OH is 1. The third-order valence-corrected chi connectivity index (χ3v) is 6.41. The van der Waals surface area contributed by atoms with Crippen molar-refractivity contribution >= 4 is 23.5 Å². The van der Waals surface area contributed by atoms with E-state index in [1.165, 1.54) is 0 Å². The maximum atomic E-state index is 13.6. The number of hydrogen-bond acceptors (Lipinski definition) is 3. The molecule has 6 heteroatoms. The number of carbonyl (C=O) groups excluding carboxylic acids is 1. The summed E-state index contributed by atoms with van der Waals surface area (Å²) in [5.41, 5.74) is 1.87. The highest BCUT2D eigenvalue weighted by Gasteiger charge is 2.48. The summed E-state index contributed by atoms with van der Waals surface area (Å²) < 4.78 is 0. The number of halogens is 1. The zero-order valence-corrected chi connectivity index (χ0v) is 17.7. The number of nitrogens with zero attached hydrogens (tertiary/aromatic N) is 1. The number of carbonyl (C=O) groups is 2. The van der Waals surface area contributed by atoms with Gasteiger partial charge in [-0.3, -0.25) is 9.59 Å². The van der Waals surface area contributed by atoms with Crippen molar-refractivity contribution in [2.75, 3.05) is 6.61 Å². The number of rotatable bonds is 6. The average molecular weight is 438 g/mol. The minimum atomic E-state index is -0.986. The molecule has 0 bridgehead atoms. The van der Waals surface area contributed by atoms with Crippen LogP contribution in [0.1, 0.15) is 33.8 Å². The fourth-order valence-electron chi connectivity index (χ4n) is 4.72. The highest BCUT2D eigenvalue weighted by molar-refractivity contribution is 6.31. The minimum absolute atomic E-state index is 0.231. The fourth-order valence-corrected chi connectivity index (χ4v) is 4.89. The van der Waals surface area contributed by atoms with E-state index in [0.29, 0.717) is 29.0 Å². The molecule has 1 aliphatic carbocycles. The highest BCUT2D eigenvalue weighted by Crippen LogP contribution is 2.41. The lowest BCUT2D eigenvalue weighted by atomic mass is 9.74. The molecule has 0 saturated carbocycles. The Hall–Kier alpha value is -2.89. The smallest absolute Gasteiger partial charge is 0.313 e. The van der Waals surface area contributed by atoms with Crippen molar-refractivity contribution in [3.63, 3.8) is 0 Å². The second-order valence-electron chi connectivity index (χ2n) is 7.98. The first-order valence-corrected chi connectivity index (χ1v) is 10.7. The number of fused-ring (bicyclic) bond motifs is 1. The van der Waals surface area contributed by atoms with E-state index in [1.807, 2.05) is 42.5 Å². The molecular weight excluding hydrogens is 414 g/mol. The summed E-state index contributed by atoms with van der Waals surface area (Å²) in [6, 6.07) is 15.3. The van der Waals surface area contributed by atoms with Gasteiger partial charge in [-0.1, -0.05) is 72.3 Å². The van der Waals surface area contributed by atoms with E-state index in [9.17, 15) is 19.8 Å². The second-order valence-corrected chi connectivity index (χ2v) is 8.42. The van der Waals surface area contributed by atoms with Crippen LogP contribution < -0.4 is 0 Å². The zero-order valence-electron chi connectivity index (χ0n) is 16.9. The molecule has 0 radical (unpaired) electrons. The number of benzene rings is 2. The number of hydrogen-bond donors (Lipinski definition) is 2. The molecule has 0 spiro atoms. The molecule has 1 heterocycles. The van der Waals surface area contributed by atoms with E-state index in [1.54, 1.807) is 35.2 Å². The number of allylic oxidation sites excluding steroid dienone is 3. The number of aliphatic carboxylic acids is 1. The van der Waals surface area contributed by atoms with Crippen molar-refractivity contribution in [2.24, 2.45) is 5.92 Å². The Balaban J connectivity index is 1.82. The molecule has 160 valence electrons. The molecular formula is C25H24ClNO4. The van der Waals surface area contributed by atoms with Crippen LogP contribution in [0.5, 0.6) is 0 Å². The standard InChI is InChI=1S/C25H24ClNO4/c26-18-12-10-17(11-13-18)23-22(25(30)31)20-8-4-5-9-21(20)24(29)27(23)19(15-28)14-16-6-2-1-3-7-16/h1-10,12-13,17,19,22-23,28H,11,14-15H2,(H,30,31)/t17?,19-,22-,23+/m0/s1. The summed E-state index contributed by atoms with van der Waals surface area (Å²) in [7, 11) is 0. The molecule has 2 aromatic carbocycles. The number of amides is 1. The molecule has 1 aliphatic heterocycles. The molecule has 1 amide bonds. The quantitative estimate of drug-likeness (QED) is 0.716. The van der Waals surface area contributed by atoms with E-state index in [-0.39, 0.29) is 18.4 Å². The highest BCUT2D eigenvalue weighted by atomic mass is 35.5. The Morgan fingerprint density at radius 3 is 2.48 bits per heavy atom. The van der Waals surface area contributed by atoms with Crippen LogP contribution in [-0.2, 0) is 11.2 Å². The first-order chi connectivity index (χ1) is 15.0. The second kappa shape index (κ2) is 9.08. The lowest BCUT2D eigenvalue weighted by Gasteiger charge is -2.47. The maximum Gasteiger partial charge on any atom is 0.313 e. The lowest BCUT2D eigenvalue weighted by Crippen LogP contribution is -2.58. The molecule has 4 atom stereocenters. The van der Waals surface area contributed by atoms with Crippen LogP contribution in [0, 0.1) is 5.92 Å².